The Kier molecular flexibility index (Phi) is 3.36. The van der Waals surface area contributed by atoms with Gasteiger partial charge < -0.3 is 5.32 Å². The summed E-state index contributed by atoms with van der Waals surface area (Å²) >= 11 is 13.7. The molecule has 5 rings (SSSR count). The number of amides is 1. The second kappa shape index (κ2) is 5.30. The maximum absolute atomic E-state index is 13.1. The smallest absolute Gasteiger partial charge is 0.250 e. The quantitative estimate of drug-likeness (QED) is 0.772. The minimum absolute atomic E-state index is 0.00533. The Balaban J connectivity index is 1.75. The van der Waals surface area contributed by atoms with Crippen LogP contribution in [0.5, 0.6) is 0 Å². The largest absolute Gasteiger partial charge is 0.324 e. The van der Waals surface area contributed by atoms with Crippen molar-refractivity contribution in [1.29, 1.82) is 0 Å². The van der Waals surface area contributed by atoms with Gasteiger partial charge in [0.2, 0.25) is 5.91 Å². The summed E-state index contributed by atoms with van der Waals surface area (Å²) in [4.78, 5) is 26.7. The van der Waals surface area contributed by atoms with Crippen molar-refractivity contribution < 1.29 is 9.59 Å². The lowest BCUT2D eigenvalue weighted by atomic mass is 9.74. The van der Waals surface area contributed by atoms with Crippen molar-refractivity contribution in [3.05, 3.63) is 50.1 Å². The molecule has 2 aliphatic heterocycles. The molecule has 4 nitrogen and oxygen atoms in total. The lowest BCUT2D eigenvalue weighted by molar-refractivity contribution is -0.123. The van der Waals surface area contributed by atoms with E-state index in [0.29, 0.717) is 21.5 Å². The van der Waals surface area contributed by atoms with Crippen LogP contribution in [-0.4, -0.2) is 17.7 Å². The minimum Gasteiger partial charge on any atom is -0.324 e. The first-order valence-electron chi connectivity index (χ1n) is 8.18. The summed E-state index contributed by atoms with van der Waals surface area (Å²) in [5.41, 5.74) is 0.628. The Labute approximate surface area is 158 Å². The number of Topliss-reactive ketones (excluding diaryl/α,β-unsaturated/α-hetero) is 1. The van der Waals surface area contributed by atoms with Crippen molar-refractivity contribution in [3.63, 3.8) is 0 Å². The topological polar surface area (TPSA) is 58.2 Å². The number of halogens is 2. The molecule has 1 saturated heterocycles. The van der Waals surface area contributed by atoms with E-state index in [9.17, 15) is 9.59 Å². The number of hydrogen-bond acceptors (Lipinski definition) is 4. The highest BCUT2D eigenvalue weighted by Crippen LogP contribution is 2.57. The van der Waals surface area contributed by atoms with Crippen molar-refractivity contribution >= 4 is 51.9 Å². The molecule has 1 aromatic heterocycles. The molecule has 3 heterocycles. The van der Waals surface area contributed by atoms with Crippen LogP contribution >= 0.6 is 34.5 Å². The van der Waals surface area contributed by atoms with Crippen LogP contribution in [0, 0.1) is 5.92 Å². The fourth-order valence-electron chi connectivity index (χ4n) is 4.74. The number of nitrogens with one attached hydrogen (secondary N) is 2. The van der Waals surface area contributed by atoms with Crippen LogP contribution in [0.1, 0.15) is 29.2 Å². The monoisotopic (exact) mass is 392 g/mol. The number of carbonyl (C=O) groups is 2. The van der Waals surface area contributed by atoms with Gasteiger partial charge in [0.25, 0.3) is 0 Å². The first-order valence-corrected chi connectivity index (χ1v) is 9.75. The molecule has 4 atom stereocenters. The Morgan fingerprint density at radius 1 is 1.16 bits per heavy atom. The van der Waals surface area contributed by atoms with Gasteiger partial charge in [-0.25, -0.2) is 0 Å². The fourth-order valence-corrected chi connectivity index (χ4v) is 6.19. The van der Waals surface area contributed by atoms with E-state index in [1.165, 1.54) is 11.3 Å². The van der Waals surface area contributed by atoms with Gasteiger partial charge in [-0.2, -0.15) is 0 Å². The van der Waals surface area contributed by atoms with Gasteiger partial charge in [-0.3, -0.25) is 14.9 Å². The molecule has 1 amide bonds. The molecule has 2 fully saturated rings. The molecule has 25 heavy (non-hydrogen) atoms. The zero-order chi connectivity index (χ0) is 17.3. The maximum atomic E-state index is 13.1. The summed E-state index contributed by atoms with van der Waals surface area (Å²) in [6.45, 7) is 0. The molecule has 7 heteroatoms. The van der Waals surface area contributed by atoms with Crippen LogP contribution in [0.15, 0.2) is 30.3 Å². The molecule has 3 aliphatic rings. The Morgan fingerprint density at radius 2 is 2.00 bits per heavy atom. The highest BCUT2D eigenvalue weighted by molar-refractivity contribution is 7.16. The van der Waals surface area contributed by atoms with Crippen LogP contribution < -0.4 is 10.6 Å². The van der Waals surface area contributed by atoms with Gasteiger partial charge in [0.05, 0.1) is 4.34 Å². The van der Waals surface area contributed by atoms with Gasteiger partial charge in [0, 0.05) is 45.4 Å². The van der Waals surface area contributed by atoms with Crippen molar-refractivity contribution in [2.75, 3.05) is 5.32 Å². The number of thiophene rings is 1. The number of fused-ring (bicyclic) bond motifs is 3. The average Bonchev–Trinajstić information content (AvgIpc) is 3.28. The fraction of sp³-hybridized carbons (Fsp3) is 0.333. The molecule has 2 N–H and O–H groups in total. The summed E-state index contributed by atoms with van der Waals surface area (Å²) in [6.07, 6.45) is 1.32. The third kappa shape index (κ3) is 2.04. The third-order valence-corrected chi connectivity index (χ3v) is 7.21. The predicted molar refractivity (Wildman–Crippen MR) is 98.5 cm³/mol. The lowest BCUT2D eigenvalue weighted by Gasteiger charge is -2.31. The van der Waals surface area contributed by atoms with E-state index in [2.05, 4.69) is 10.6 Å². The van der Waals surface area contributed by atoms with Crippen LogP contribution in [0.4, 0.5) is 5.69 Å². The van der Waals surface area contributed by atoms with Crippen LogP contribution in [0.3, 0.4) is 0 Å². The lowest BCUT2D eigenvalue weighted by Crippen LogP contribution is -2.49. The molecular weight excluding hydrogens is 379 g/mol. The summed E-state index contributed by atoms with van der Waals surface area (Å²) in [5, 5.41) is 7.06. The number of ketones is 1. The Morgan fingerprint density at radius 3 is 2.76 bits per heavy atom. The molecule has 1 saturated carbocycles. The van der Waals surface area contributed by atoms with Gasteiger partial charge in [0.15, 0.2) is 0 Å². The summed E-state index contributed by atoms with van der Waals surface area (Å²) in [5.74, 6) is -0.366. The van der Waals surface area contributed by atoms with E-state index in [1.54, 1.807) is 12.1 Å². The highest BCUT2D eigenvalue weighted by Gasteiger charge is 2.65. The van der Waals surface area contributed by atoms with Gasteiger partial charge in [0.1, 0.15) is 11.3 Å². The number of carbonyl (C=O) groups excluding carboxylic acids is 2. The first kappa shape index (κ1) is 15.8. The molecule has 0 unspecified atom stereocenters. The number of benzene rings is 1. The summed E-state index contributed by atoms with van der Waals surface area (Å²) in [7, 11) is 0. The normalized spacial score (nSPS) is 33.0. The third-order valence-electron chi connectivity index (χ3n) is 5.66. The molecule has 2 aromatic rings. The molecule has 128 valence electrons. The standard InChI is InChI=1S/C18H14Cl2N2O2S/c19-8-1-2-9-11(7-8)21-17(24)18(9)16(13-5-6-14(20)25-13)15-10(22-18)3-4-12(15)23/h1-2,5-7,10,15-16,22H,3-4H2,(H,21,24)/t10-,15-,16-,18+/m0/s1. The second-order valence-corrected chi connectivity index (χ2v) is 9.04. The molecule has 1 aliphatic carbocycles. The van der Waals surface area contributed by atoms with Crippen molar-refractivity contribution in [1.82, 2.24) is 5.32 Å². The van der Waals surface area contributed by atoms with Crippen molar-refractivity contribution in [2.45, 2.75) is 30.3 Å². The zero-order valence-electron chi connectivity index (χ0n) is 13.0. The zero-order valence-corrected chi connectivity index (χ0v) is 15.3. The molecule has 1 aromatic carbocycles. The van der Waals surface area contributed by atoms with E-state index in [0.717, 1.165) is 16.9 Å². The van der Waals surface area contributed by atoms with Crippen molar-refractivity contribution in [2.24, 2.45) is 5.92 Å². The van der Waals surface area contributed by atoms with E-state index < -0.39 is 5.54 Å². The maximum Gasteiger partial charge on any atom is 0.250 e. The van der Waals surface area contributed by atoms with E-state index in [1.807, 2.05) is 18.2 Å². The predicted octanol–water partition coefficient (Wildman–Crippen LogP) is 3.94. The van der Waals surface area contributed by atoms with Gasteiger partial charge in [-0.1, -0.05) is 29.3 Å². The Hall–Kier alpha value is -1.40. The highest BCUT2D eigenvalue weighted by atomic mass is 35.5. The second-order valence-electron chi connectivity index (χ2n) is 6.85. The van der Waals surface area contributed by atoms with Crippen molar-refractivity contribution in [3.8, 4) is 0 Å². The SMILES string of the molecule is O=C1CC[C@@H]2N[C@@]3(C(=O)Nc4cc(Cl)ccc43)[C@@H](c3ccc(Cl)s3)[C@H]12. The summed E-state index contributed by atoms with van der Waals surface area (Å²) in [6, 6.07) is 9.22. The van der Waals surface area contributed by atoms with Crippen LogP contribution in [-0.2, 0) is 15.1 Å². The molecular formula is C18H14Cl2N2O2S. The van der Waals surface area contributed by atoms with Gasteiger partial charge in [-0.15, -0.1) is 11.3 Å². The average molecular weight is 393 g/mol. The van der Waals surface area contributed by atoms with E-state index in [-0.39, 0.29) is 29.6 Å². The molecule has 1 spiro atoms. The Bertz CT molecular complexity index is 928. The number of anilines is 1. The minimum atomic E-state index is -0.945. The number of hydrogen-bond donors (Lipinski definition) is 2. The molecule has 0 radical (unpaired) electrons. The van der Waals surface area contributed by atoms with E-state index in [4.69, 9.17) is 23.2 Å². The van der Waals surface area contributed by atoms with Gasteiger partial charge in [-0.05, 0) is 30.7 Å². The summed E-state index contributed by atoms with van der Waals surface area (Å²) < 4.78 is 0.661. The van der Waals surface area contributed by atoms with Crippen LogP contribution in [0.2, 0.25) is 9.36 Å². The van der Waals surface area contributed by atoms with E-state index >= 15 is 0 Å². The van der Waals surface area contributed by atoms with Crippen LogP contribution in [0.25, 0.3) is 0 Å². The van der Waals surface area contributed by atoms with Gasteiger partial charge >= 0.3 is 0 Å². The molecule has 0 bridgehead atoms. The number of rotatable bonds is 1. The first-order chi connectivity index (χ1) is 12.0.